The average molecular weight is 694 g/mol. The molecular formula is C34H43N7O9. The molecule has 9 N–H and O–H groups in total. The second-order valence-electron chi connectivity index (χ2n) is 12.4. The van der Waals surface area contributed by atoms with E-state index >= 15 is 0 Å². The second-order valence-corrected chi connectivity index (χ2v) is 12.4. The normalized spacial score (nSPS) is 21.8. The molecule has 16 nitrogen and oxygen atoms in total. The SMILES string of the molecule is CC(=O)N[C@H]1C([C@H](O)[C@H](O)CNC(=O)c2ccccc2)O[C@@](OCCCCc2cn(CCc3c[nH]c4ccc(N)cc34)nn2)(C(=O)O)C[C@@H]1O. The molecule has 16 heteroatoms. The highest BCUT2D eigenvalue weighted by Gasteiger charge is 2.55. The average Bonchev–Trinajstić information content (AvgIpc) is 3.73. The van der Waals surface area contributed by atoms with Gasteiger partial charge in [-0.25, -0.2) is 4.79 Å². The lowest BCUT2D eigenvalue weighted by atomic mass is 9.88. The van der Waals surface area contributed by atoms with Crippen LogP contribution in [0.2, 0.25) is 0 Å². The number of aryl methyl sites for hydroxylation is 3. The first-order chi connectivity index (χ1) is 24.0. The van der Waals surface area contributed by atoms with Gasteiger partial charge in [-0.1, -0.05) is 23.4 Å². The molecular weight excluding hydrogens is 650 g/mol. The molecule has 5 rings (SSSR count). The number of carbonyl (C=O) groups excluding carboxylic acids is 2. The number of aromatic nitrogens is 4. The first kappa shape index (κ1) is 36.4. The van der Waals surface area contributed by atoms with Crippen molar-refractivity contribution in [2.24, 2.45) is 0 Å². The number of anilines is 1. The van der Waals surface area contributed by atoms with E-state index in [9.17, 15) is 34.8 Å². The number of ether oxygens (including phenoxy) is 2. The smallest absolute Gasteiger partial charge is 0.364 e. The fourth-order valence-electron chi connectivity index (χ4n) is 6.02. The molecule has 2 aromatic carbocycles. The maximum atomic E-state index is 12.5. The summed E-state index contributed by atoms with van der Waals surface area (Å²) in [4.78, 5) is 40.1. The van der Waals surface area contributed by atoms with Crippen molar-refractivity contribution in [2.75, 3.05) is 18.9 Å². The van der Waals surface area contributed by atoms with E-state index in [1.54, 1.807) is 35.0 Å². The quantitative estimate of drug-likeness (QED) is 0.0591. The van der Waals surface area contributed by atoms with Crippen molar-refractivity contribution >= 4 is 34.4 Å². The molecule has 50 heavy (non-hydrogen) atoms. The van der Waals surface area contributed by atoms with E-state index < -0.39 is 67.0 Å². The number of carboxylic acid groups (broad SMARTS) is 1. The van der Waals surface area contributed by atoms with Crippen molar-refractivity contribution in [3.05, 3.63) is 77.7 Å². The number of benzene rings is 2. The van der Waals surface area contributed by atoms with Gasteiger partial charge in [0.1, 0.15) is 12.2 Å². The highest BCUT2D eigenvalue weighted by Crippen LogP contribution is 2.34. The number of aliphatic hydroxyl groups excluding tert-OH is 3. The van der Waals surface area contributed by atoms with E-state index in [1.165, 1.54) is 6.92 Å². The van der Waals surface area contributed by atoms with E-state index in [-0.39, 0.29) is 6.61 Å². The van der Waals surface area contributed by atoms with E-state index in [4.69, 9.17) is 15.2 Å². The second kappa shape index (κ2) is 16.2. The Labute approximate surface area is 287 Å². The van der Waals surface area contributed by atoms with Crippen molar-refractivity contribution < 1.29 is 44.3 Å². The Kier molecular flexibility index (Phi) is 11.8. The molecule has 1 aliphatic rings. The zero-order chi connectivity index (χ0) is 35.8. The summed E-state index contributed by atoms with van der Waals surface area (Å²) in [5.74, 6) is -5.03. The summed E-state index contributed by atoms with van der Waals surface area (Å²) in [5, 5.41) is 57.4. The van der Waals surface area contributed by atoms with Crippen LogP contribution in [0.3, 0.4) is 0 Å². The Hall–Kier alpha value is -4.87. The van der Waals surface area contributed by atoms with Crippen LogP contribution in [0.1, 0.15) is 47.8 Å². The summed E-state index contributed by atoms with van der Waals surface area (Å²) >= 11 is 0. The first-order valence-electron chi connectivity index (χ1n) is 16.4. The van der Waals surface area contributed by atoms with Gasteiger partial charge in [0.05, 0.1) is 30.6 Å². The van der Waals surface area contributed by atoms with Crippen LogP contribution in [-0.2, 0) is 38.4 Å². The minimum absolute atomic E-state index is 0.0832. The largest absolute Gasteiger partial charge is 0.477 e. The van der Waals surface area contributed by atoms with Crippen LogP contribution in [0.5, 0.6) is 0 Å². The van der Waals surface area contributed by atoms with Gasteiger partial charge in [0.2, 0.25) is 5.91 Å². The van der Waals surface area contributed by atoms with Crippen LogP contribution in [0.15, 0.2) is 60.9 Å². The Morgan fingerprint density at radius 3 is 2.68 bits per heavy atom. The Bertz CT molecular complexity index is 1760. The third-order valence-electron chi connectivity index (χ3n) is 8.66. The molecule has 2 aromatic heterocycles. The number of rotatable bonds is 16. The van der Waals surface area contributed by atoms with Gasteiger partial charge in [0.15, 0.2) is 0 Å². The van der Waals surface area contributed by atoms with Gasteiger partial charge in [0, 0.05) is 61.0 Å². The number of hydrogen-bond acceptors (Lipinski definition) is 11. The molecule has 0 bridgehead atoms. The van der Waals surface area contributed by atoms with Gasteiger partial charge in [-0.05, 0) is 61.6 Å². The van der Waals surface area contributed by atoms with Crippen molar-refractivity contribution in [1.29, 1.82) is 0 Å². The molecule has 1 unspecified atom stereocenters. The summed E-state index contributed by atoms with van der Waals surface area (Å²) in [6, 6.07) is 12.6. The summed E-state index contributed by atoms with van der Waals surface area (Å²) in [5.41, 5.74) is 9.84. The third kappa shape index (κ3) is 8.83. The maximum Gasteiger partial charge on any atom is 0.364 e. The molecule has 268 valence electrons. The molecule has 2 amide bonds. The van der Waals surface area contributed by atoms with E-state index in [0.29, 0.717) is 37.1 Å². The van der Waals surface area contributed by atoms with E-state index in [1.807, 2.05) is 30.6 Å². The standard InChI is InChI=1S/C34H43N7O9/c1-20(42)38-29-27(43)16-34(33(47)48,50-31(29)30(45)28(44)18-37-32(46)21-7-3-2-4-8-21)49-14-6-5-9-24-19-41(40-39-24)13-12-22-17-36-26-11-10-23(35)15-25(22)26/h2-4,7-8,10-11,15,17,19,27-31,36,43-45H,5-6,9,12-14,16,18,35H2,1H3,(H,37,46)(H,38,42)(H,47,48)/t27-,28+,29+,30+,31?,34+/m0/s1. The van der Waals surface area contributed by atoms with Crippen LogP contribution in [-0.4, -0.2) is 108 Å². The minimum atomic E-state index is -2.39. The lowest BCUT2D eigenvalue weighted by Gasteiger charge is -2.46. The number of nitrogens with two attached hydrogens (primary N) is 1. The number of carbonyl (C=O) groups is 3. The highest BCUT2D eigenvalue weighted by atomic mass is 16.7. The number of nitrogens with zero attached hydrogens (tertiary/aromatic N) is 3. The number of unbranched alkanes of at least 4 members (excludes halogenated alkanes) is 1. The molecule has 0 saturated carbocycles. The van der Waals surface area contributed by atoms with Gasteiger partial charge in [-0.2, -0.15) is 0 Å². The number of hydrogen-bond donors (Lipinski definition) is 8. The summed E-state index contributed by atoms with van der Waals surface area (Å²) in [6.45, 7) is 1.28. The molecule has 3 heterocycles. The highest BCUT2D eigenvalue weighted by molar-refractivity contribution is 5.94. The van der Waals surface area contributed by atoms with Crippen LogP contribution < -0.4 is 16.4 Å². The third-order valence-corrected chi connectivity index (χ3v) is 8.66. The molecule has 0 radical (unpaired) electrons. The van der Waals surface area contributed by atoms with Crippen molar-refractivity contribution in [3.8, 4) is 0 Å². The van der Waals surface area contributed by atoms with E-state index in [2.05, 4.69) is 25.9 Å². The maximum absolute atomic E-state index is 12.5. The topological polar surface area (TPSA) is 247 Å². The predicted molar refractivity (Wildman–Crippen MR) is 180 cm³/mol. The monoisotopic (exact) mass is 693 g/mol. The summed E-state index contributed by atoms with van der Waals surface area (Å²) in [6.07, 6.45) is -1.14. The van der Waals surface area contributed by atoms with Gasteiger partial charge < -0.3 is 51.3 Å². The van der Waals surface area contributed by atoms with Crippen molar-refractivity contribution in [2.45, 2.75) is 81.8 Å². The molecule has 0 aliphatic carbocycles. The molecule has 1 fully saturated rings. The Balaban J connectivity index is 1.14. The lowest BCUT2D eigenvalue weighted by Crippen LogP contribution is -2.68. The predicted octanol–water partition coefficient (Wildman–Crippen LogP) is 0.511. The number of fused-ring (bicyclic) bond motifs is 1. The number of aliphatic hydroxyl groups is 3. The van der Waals surface area contributed by atoms with Crippen LogP contribution in [0, 0.1) is 0 Å². The number of nitrogens with one attached hydrogen (secondary N) is 3. The molecule has 0 spiro atoms. The van der Waals surface area contributed by atoms with Crippen LogP contribution >= 0.6 is 0 Å². The number of aliphatic carboxylic acids is 1. The first-order valence-corrected chi connectivity index (χ1v) is 16.4. The fraction of sp³-hybridized carbons (Fsp3) is 0.441. The summed E-state index contributed by atoms with van der Waals surface area (Å²) in [7, 11) is 0. The molecule has 1 saturated heterocycles. The Morgan fingerprint density at radius 2 is 1.94 bits per heavy atom. The lowest BCUT2D eigenvalue weighted by molar-refractivity contribution is -0.310. The number of amides is 2. The van der Waals surface area contributed by atoms with Gasteiger partial charge in [0.25, 0.3) is 11.7 Å². The molecule has 4 aromatic rings. The number of carboxylic acids is 1. The molecule has 1 aliphatic heterocycles. The van der Waals surface area contributed by atoms with Crippen LogP contribution in [0.25, 0.3) is 10.9 Å². The number of aromatic amines is 1. The van der Waals surface area contributed by atoms with E-state index in [0.717, 1.165) is 28.6 Å². The zero-order valence-corrected chi connectivity index (χ0v) is 27.6. The molecule has 6 atom stereocenters. The zero-order valence-electron chi connectivity index (χ0n) is 27.6. The van der Waals surface area contributed by atoms with Gasteiger partial charge >= 0.3 is 5.97 Å². The van der Waals surface area contributed by atoms with Crippen LogP contribution in [0.4, 0.5) is 5.69 Å². The summed E-state index contributed by atoms with van der Waals surface area (Å²) < 4.78 is 13.3. The minimum Gasteiger partial charge on any atom is -0.477 e. The van der Waals surface area contributed by atoms with Crippen molar-refractivity contribution in [1.82, 2.24) is 30.6 Å². The fourth-order valence-corrected chi connectivity index (χ4v) is 6.02. The Morgan fingerprint density at radius 1 is 1.16 bits per heavy atom. The van der Waals surface area contributed by atoms with Gasteiger partial charge in [-0.15, -0.1) is 5.10 Å². The number of H-pyrrole nitrogens is 1. The van der Waals surface area contributed by atoms with Gasteiger partial charge in [-0.3, -0.25) is 14.3 Å². The van der Waals surface area contributed by atoms with Crippen molar-refractivity contribution in [3.63, 3.8) is 0 Å². The number of nitrogen functional groups attached to an aromatic ring is 1.